The highest BCUT2D eigenvalue weighted by Crippen LogP contribution is 2.14. The van der Waals surface area contributed by atoms with Gasteiger partial charge in [0.25, 0.3) is 11.8 Å². The molecule has 1 aromatic heterocycles. The van der Waals surface area contributed by atoms with Crippen LogP contribution in [0, 0.1) is 0 Å². The lowest BCUT2D eigenvalue weighted by molar-refractivity contribution is -0.148. The van der Waals surface area contributed by atoms with Crippen molar-refractivity contribution in [3.05, 3.63) is 52.2 Å². The highest BCUT2D eigenvalue weighted by Gasteiger charge is 2.11. The summed E-state index contributed by atoms with van der Waals surface area (Å²) in [6, 6.07) is 8.91. The number of anilines is 1. The van der Waals surface area contributed by atoms with E-state index in [1.54, 1.807) is 12.1 Å². The van der Waals surface area contributed by atoms with Crippen molar-refractivity contribution in [2.45, 2.75) is 20.3 Å². The summed E-state index contributed by atoms with van der Waals surface area (Å²) in [6.45, 7) is 5.43. The number of hydrogen-bond acceptors (Lipinski definition) is 6. The maximum Gasteiger partial charge on any atom is 0.310 e. The van der Waals surface area contributed by atoms with E-state index in [2.05, 4.69) is 29.6 Å². The number of hydrazine groups is 1. The number of amides is 2. The topological polar surface area (TPSA) is 87.7 Å². The molecule has 0 fully saturated rings. The van der Waals surface area contributed by atoms with Gasteiger partial charge in [-0.25, -0.2) is 0 Å². The summed E-state index contributed by atoms with van der Waals surface area (Å²) in [4.78, 5) is 37.6. The Morgan fingerprint density at radius 2 is 1.74 bits per heavy atom. The van der Waals surface area contributed by atoms with Crippen molar-refractivity contribution >= 4 is 34.8 Å². The summed E-state index contributed by atoms with van der Waals surface area (Å²) in [7, 11) is 0. The number of benzene rings is 1. The molecule has 144 valence electrons. The van der Waals surface area contributed by atoms with E-state index in [1.165, 1.54) is 11.3 Å². The molecule has 0 aliphatic heterocycles. The van der Waals surface area contributed by atoms with Crippen molar-refractivity contribution in [2.75, 3.05) is 24.6 Å². The van der Waals surface area contributed by atoms with Crippen molar-refractivity contribution in [1.29, 1.82) is 0 Å². The zero-order chi connectivity index (χ0) is 19.6. The number of nitrogens with one attached hydrogen (secondary N) is 2. The molecule has 0 spiro atoms. The van der Waals surface area contributed by atoms with Crippen LogP contribution in [0.4, 0.5) is 5.69 Å². The Bertz CT molecular complexity index is 756. The number of nitrogens with zero attached hydrogens (tertiary/aromatic N) is 1. The number of carbonyl (C=O) groups is 3. The van der Waals surface area contributed by atoms with Crippen molar-refractivity contribution in [2.24, 2.45) is 0 Å². The van der Waals surface area contributed by atoms with Gasteiger partial charge in [0, 0.05) is 24.3 Å². The van der Waals surface area contributed by atoms with Gasteiger partial charge in [0.15, 0.2) is 6.61 Å². The summed E-state index contributed by atoms with van der Waals surface area (Å²) >= 11 is 1.48. The lowest BCUT2D eigenvalue weighted by atomic mass is 10.2. The number of esters is 1. The third-order valence-electron chi connectivity index (χ3n) is 3.87. The first kappa shape index (κ1) is 20.4. The van der Waals surface area contributed by atoms with Gasteiger partial charge in [0.1, 0.15) is 0 Å². The summed E-state index contributed by atoms with van der Waals surface area (Å²) in [6.07, 6.45) is 0.113. The van der Waals surface area contributed by atoms with Crippen LogP contribution in [0.25, 0.3) is 0 Å². The second-order valence-corrected chi connectivity index (χ2v) is 6.47. The van der Waals surface area contributed by atoms with Crippen molar-refractivity contribution in [3.8, 4) is 0 Å². The Hall–Kier alpha value is -2.87. The molecule has 8 heteroatoms. The molecule has 0 saturated heterocycles. The van der Waals surface area contributed by atoms with Crippen LogP contribution in [-0.4, -0.2) is 37.5 Å². The fraction of sp³-hybridized carbons (Fsp3) is 0.316. The lowest BCUT2D eigenvalue weighted by Crippen LogP contribution is -2.43. The maximum absolute atomic E-state index is 12.1. The molecule has 0 aliphatic rings. The molecule has 27 heavy (non-hydrogen) atoms. The fourth-order valence-electron chi connectivity index (χ4n) is 2.40. The molecular weight excluding hydrogens is 366 g/mol. The predicted octanol–water partition coefficient (Wildman–Crippen LogP) is 2.14. The van der Waals surface area contributed by atoms with Crippen molar-refractivity contribution < 1.29 is 19.1 Å². The van der Waals surface area contributed by atoms with Crippen LogP contribution in [0.3, 0.4) is 0 Å². The van der Waals surface area contributed by atoms with Crippen LogP contribution in [0.15, 0.2) is 41.1 Å². The average Bonchev–Trinajstić information content (AvgIpc) is 3.19. The van der Waals surface area contributed by atoms with Crippen molar-refractivity contribution in [3.63, 3.8) is 0 Å². The van der Waals surface area contributed by atoms with E-state index in [0.717, 1.165) is 24.3 Å². The van der Waals surface area contributed by atoms with Gasteiger partial charge in [-0.15, -0.1) is 0 Å². The van der Waals surface area contributed by atoms with Gasteiger partial charge in [-0.1, -0.05) is 0 Å². The molecule has 0 aliphatic carbocycles. The number of hydrogen-bond donors (Lipinski definition) is 2. The second kappa shape index (κ2) is 10.3. The third kappa shape index (κ3) is 6.41. The molecule has 2 amide bonds. The van der Waals surface area contributed by atoms with E-state index in [4.69, 9.17) is 4.74 Å². The van der Waals surface area contributed by atoms with Crippen LogP contribution in [0.2, 0.25) is 0 Å². The van der Waals surface area contributed by atoms with Gasteiger partial charge in [-0.2, -0.15) is 11.3 Å². The first-order chi connectivity index (χ1) is 13.0. The molecule has 1 heterocycles. The Morgan fingerprint density at radius 3 is 2.33 bits per heavy atom. The Kier molecular flexibility index (Phi) is 7.81. The molecule has 7 nitrogen and oxygen atoms in total. The molecular formula is C19H23N3O4S. The second-order valence-electron chi connectivity index (χ2n) is 5.69. The quantitative estimate of drug-likeness (QED) is 0.534. The Labute approximate surface area is 162 Å². The number of carbonyl (C=O) groups excluding carboxylic acids is 3. The molecule has 0 bridgehead atoms. The minimum Gasteiger partial charge on any atom is -0.455 e. The first-order valence-electron chi connectivity index (χ1n) is 8.64. The molecule has 2 N–H and O–H groups in total. The largest absolute Gasteiger partial charge is 0.455 e. The highest BCUT2D eigenvalue weighted by molar-refractivity contribution is 7.08. The van der Waals surface area contributed by atoms with Gasteiger partial charge < -0.3 is 9.64 Å². The van der Waals surface area contributed by atoms with E-state index >= 15 is 0 Å². The van der Waals surface area contributed by atoms with E-state index < -0.39 is 24.4 Å². The van der Waals surface area contributed by atoms with Gasteiger partial charge in [-0.05, 0) is 60.5 Å². The number of thiophene rings is 1. The van der Waals surface area contributed by atoms with Gasteiger partial charge in [-0.3, -0.25) is 25.2 Å². The molecule has 2 rings (SSSR count). The molecule has 0 atom stereocenters. The van der Waals surface area contributed by atoms with Gasteiger partial charge in [0.2, 0.25) is 0 Å². The summed E-state index contributed by atoms with van der Waals surface area (Å²) in [5.41, 5.74) is 6.82. The first-order valence-corrected chi connectivity index (χ1v) is 9.58. The minimum atomic E-state index is -0.609. The van der Waals surface area contributed by atoms with Crippen LogP contribution >= 0.6 is 11.3 Å². The van der Waals surface area contributed by atoms with Crippen LogP contribution in [-0.2, 0) is 20.7 Å². The highest BCUT2D eigenvalue weighted by atomic mass is 32.1. The number of rotatable bonds is 8. The average molecular weight is 389 g/mol. The van der Waals surface area contributed by atoms with Gasteiger partial charge in [0.05, 0.1) is 6.42 Å². The molecule has 0 radical (unpaired) electrons. The van der Waals surface area contributed by atoms with E-state index in [0.29, 0.717) is 5.56 Å². The van der Waals surface area contributed by atoms with E-state index in [-0.39, 0.29) is 6.42 Å². The van der Waals surface area contributed by atoms with E-state index in [1.807, 2.05) is 29.0 Å². The number of ether oxygens (including phenoxy) is 1. The zero-order valence-corrected chi connectivity index (χ0v) is 16.2. The normalized spacial score (nSPS) is 10.1. The van der Waals surface area contributed by atoms with Crippen molar-refractivity contribution in [1.82, 2.24) is 10.9 Å². The Morgan fingerprint density at radius 1 is 1.04 bits per heavy atom. The third-order valence-corrected chi connectivity index (χ3v) is 4.60. The smallest absolute Gasteiger partial charge is 0.310 e. The summed E-state index contributed by atoms with van der Waals surface area (Å²) in [5, 5.41) is 3.70. The monoisotopic (exact) mass is 389 g/mol. The van der Waals surface area contributed by atoms with Crippen LogP contribution < -0.4 is 15.8 Å². The van der Waals surface area contributed by atoms with Crippen LogP contribution in [0.5, 0.6) is 0 Å². The fourth-order valence-corrected chi connectivity index (χ4v) is 3.07. The van der Waals surface area contributed by atoms with Gasteiger partial charge >= 0.3 is 5.97 Å². The predicted molar refractivity (Wildman–Crippen MR) is 105 cm³/mol. The molecule has 0 unspecified atom stereocenters. The summed E-state index contributed by atoms with van der Waals surface area (Å²) < 4.78 is 4.88. The van der Waals surface area contributed by atoms with Crippen LogP contribution in [0.1, 0.15) is 29.8 Å². The Balaban J connectivity index is 1.74. The molecule has 0 saturated carbocycles. The summed E-state index contributed by atoms with van der Waals surface area (Å²) in [5.74, 6) is -1.55. The molecule has 1 aromatic carbocycles. The molecule has 2 aromatic rings. The van der Waals surface area contributed by atoms with E-state index in [9.17, 15) is 14.4 Å². The zero-order valence-electron chi connectivity index (χ0n) is 15.4. The standard InChI is InChI=1S/C19H23N3O4S/c1-3-22(4-2)16-7-5-15(6-8-16)19(25)21-20-17(23)12-26-18(24)11-14-9-10-27-13-14/h5-10,13H,3-4,11-12H2,1-2H3,(H,20,23)(H,21,25). The minimum absolute atomic E-state index is 0.113. The lowest BCUT2D eigenvalue weighted by Gasteiger charge is -2.21. The maximum atomic E-state index is 12.1. The SMILES string of the molecule is CCN(CC)c1ccc(C(=O)NNC(=O)COC(=O)Cc2ccsc2)cc1.